The summed E-state index contributed by atoms with van der Waals surface area (Å²) in [7, 11) is 0. The molecule has 0 bridgehead atoms. The molecule has 0 saturated carbocycles. The summed E-state index contributed by atoms with van der Waals surface area (Å²) in [6, 6.07) is 11.2. The average molecular weight is 292 g/mol. The van der Waals surface area contributed by atoms with E-state index in [1.165, 1.54) is 18.2 Å². The van der Waals surface area contributed by atoms with Crippen LogP contribution in [0.2, 0.25) is 0 Å². The first-order valence-corrected chi connectivity index (χ1v) is 7.32. The third kappa shape index (κ3) is 2.22. The second-order valence-corrected chi connectivity index (χ2v) is 5.80. The fourth-order valence-corrected chi connectivity index (χ4v) is 3.96. The van der Waals surface area contributed by atoms with Crippen molar-refractivity contribution in [2.45, 2.75) is 16.9 Å². The van der Waals surface area contributed by atoms with Gasteiger partial charge in [-0.1, -0.05) is 24.3 Å². The van der Waals surface area contributed by atoms with E-state index < -0.39 is 17.7 Å². The van der Waals surface area contributed by atoms with Crippen molar-refractivity contribution in [1.82, 2.24) is 5.43 Å². The fraction of sp³-hybridized carbons (Fsp3) is 0.200. The van der Waals surface area contributed by atoms with Crippen LogP contribution in [0.5, 0.6) is 0 Å². The van der Waals surface area contributed by atoms with Gasteiger partial charge in [-0.25, -0.2) is 8.78 Å². The number of rotatable bonds is 3. The second kappa shape index (κ2) is 5.52. The van der Waals surface area contributed by atoms with Crippen molar-refractivity contribution in [3.05, 3.63) is 65.2 Å². The third-order valence-electron chi connectivity index (χ3n) is 3.63. The lowest BCUT2D eigenvalue weighted by molar-refractivity contribution is 0.434. The molecular weight excluding hydrogens is 278 g/mol. The van der Waals surface area contributed by atoms with Crippen molar-refractivity contribution in [2.75, 3.05) is 5.75 Å². The fourth-order valence-electron chi connectivity index (χ4n) is 2.67. The van der Waals surface area contributed by atoms with Gasteiger partial charge in [0, 0.05) is 22.1 Å². The van der Waals surface area contributed by atoms with E-state index in [2.05, 4.69) is 5.43 Å². The molecule has 0 aliphatic carbocycles. The molecule has 2 atom stereocenters. The van der Waals surface area contributed by atoms with Gasteiger partial charge in [-0.2, -0.15) is 0 Å². The summed E-state index contributed by atoms with van der Waals surface area (Å²) in [6.07, 6.45) is 0. The Labute approximate surface area is 120 Å². The van der Waals surface area contributed by atoms with Gasteiger partial charge in [-0.15, -0.1) is 11.8 Å². The number of nitrogens with one attached hydrogen (secondary N) is 1. The number of thioether (sulfide) groups is 1. The van der Waals surface area contributed by atoms with Crippen LogP contribution in [-0.4, -0.2) is 5.75 Å². The zero-order valence-electron chi connectivity index (χ0n) is 10.6. The molecular formula is C15H14F2N2S. The first kappa shape index (κ1) is 13.5. The minimum absolute atomic E-state index is 0.0114. The quantitative estimate of drug-likeness (QED) is 0.673. The van der Waals surface area contributed by atoms with Crippen molar-refractivity contribution in [3.8, 4) is 0 Å². The molecule has 0 fully saturated rings. The maximum absolute atomic E-state index is 14.0. The number of hydrazine groups is 1. The highest BCUT2D eigenvalue weighted by atomic mass is 32.2. The minimum atomic E-state index is -0.577. The summed E-state index contributed by atoms with van der Waals surface area (Å²) in [5.41, 5.74) is 3.69. The van der Waals surface area contributed by atoms with E-state index in [9.17, 15) is 8.78 Å². The van der Waals surface area contributed by atoms with Crippen LogP contribution in [0.25, 0.3) is 0 Å². The third-order valence-corrected chi connectivity index (χ3v) is 4.84. The topological polar surface area (TPSA) is 38.0 Å². The normalized spacial score (nSPS) is 18.9. The Hall–Kier alpha value is -1.43. The van der Waals surface area contributed by atoms with Gasteiger partial charge in [-0.3, -0.25) is 11.3 Å². The zero-order valence-corrected chi connectivity index (χ0v) is 11.5. The lowest BCUT2D eigenvalue weighted by atomic mass is 9.88. The Morgan fingerprint density at radius 3 is 2.50 bits per heavy atom. The first-order chi connectivity index (χ1) is 9.72. The molecule has 3 N–H and O–H groups in total. The number of nitrogens with two attached hydrogens (primary N) is 1. The minimum Gasteiger partial charge on any atom is -0.271 e. The van der Waals surface area contributed by atoms with E-state index in [0.29, 0.717) is 0 Å². The summed E-state index contributed by atoms with van der Waals surface area (Å²) in [5.74, 6) is 5.16. The summed E-state index contributed by atoms with van der Waals surface area (Å²) in [6.45, 7) is 0. The van der Waals surface area contributed by atoms with Gasteiger partial charge < -0.3 is 0 Å². The number of hydrogen-bond acceptors (Lipinski definition) is 3. The molecule has 0 aromatic heterocycles. The molecule has 2 aromatic rings. The van der Waals surface area contributed by atoms with E-state index in [-0.39, 0.29) is 11.5 Å². The first-order valence-electron chi connectivity index (χ1n) is 6.34. The lowest BCUT2D eigenvalue weighted by Crippen LogP contribution is -2.34. The maximum Gasteiger partial charge on any atom is 0.130 e. The largest absolute Gasteiger partial charge is 0.271 e. The molecule has 2 aromatic carbocycles. The van der Waals surface area contributed by atoms with Gasteiger partial charge in [0.2, 0.25) is 0 Å². The smallest absolute Gasteiger partial charge is 0.130 e. The van der Waals surface area contributed by atoms with Crippen LogP contribution in [0, 0.1) is 11.6 Å². The molecule has 0 spiro atoms. The van der Waals surface area contributed by atoms with E-state index in [1.54, 1.807) is 11.8 Å². The summed E-state index contributed by atoms with van der Waals surface area (Å²) < 4.78 is 27.9. The highest BCUT2D eigenvalue weighted by Crippen LogP contribution is 2.45. The number of fused-ring (bicyclic) bond motifs is 1. The second-order valence-electron chi connectivity index (χ2n) is 4.73. The summed E-state index contributed by atoms with van der Waals surface area (Å²) >= 11 is 1.69. The zero-order chi connectivity index (χ0) is 14.1. The predicted molar refractivity (Wildman–Crippen MR) is 76.3 cm³/mol. The van der Waals surface area contributed by atoms with Crippen LogP contribution in [0.3, 0.4) is 0 Å². The van der Waals surface area contributed by atoms with E-state index in [4.69, 9.17) is 5.84 Å². The number of halogens is 2. The Kier molecular flexibility index (Phi) is 3.74. The number of benzene rings is 2. The van der Waals surface area contributed by atoms with Crippen molar-refractivity contribution >= 4 is 11.8 Å². The molecule has 1 heterocycles. The molecule has 2 unspecified atom stereocenters. The van der Waals surface area contributed by atoms with Crippen LogP contribution in [0.4, 0.5) is 8.78 Å². The van der Waals surface area contributed by atoms with Crippen LogP contribution >= 0.6 is 11.8 Å². The van der Waals surface area contributed by atoms with Gasteiger partial charge in [0.05, 0.1) is 6.04 Å². The molecule has 104 valence electrons. The molecule has 1 aliphatic heterocycles. The highest BCUT2D eigenvalue weighted by Gasteiger charge is 2.33. The van der Waals surface area contributed by atoms with Crippen molar-refractivity contribution in [1.29, 1.82) is 0 Å². The van der Waals surface area contributed by atoms with E-state index in [0.717, 1.165) is 16.2 Å². The van der Waals surface area contributed by atoms with Gasteiger partial charge in [0.1, 0.15) is 11.6 Å². The molecule has 5 heteroatoms. The van der Waals surface area contributed by atoms with E-state index in [1.807, 2.05) is 24.3 Å². The summed E-state index contributed by atoms with van der Waals surface area (Å²) in [4.78, 5) is 1.15. The van der Waals surface area contributed by atoms with Gasteiger partial charge in [0.15, 0.2) is 0 Å². The monoisotopic (exact) mass is 292 g/mol. The van der Waals surface area contributed by atoms with Crippen LogP contribution in [0.1, 0.15) is 23.1 Å². The maximum atomic E-state index is 14.0. The Morgan fingerprint density at radius 2 is 1.80 bits per heavy atom. The van der Waals surface area contributed by atoms with Crippen molar-refractivity contribution < 1.29 is 8.78 Å². The summed E-state index contributed by atoms with van der Waals surface area (Å²) in [5, 5.41) is 0. The SMILES string of the molecule is NNC(c1c(F)cccc1F)C1CSc2ccccc21. The molecule has 0 amide bonds. The molecule has 0 radical (unpaired) electrons. The van der Waals surface area contributed by atoms with Crippen LogP contribution in [-0.2, 0) is 0 Å². The lowest BCUT2D eigenvalue weighted by Gasteiger charge is -2.24. The predicted octanol–water partition coefficient (Wildman–Crippen LogP) is 3.36. The number of hydrogen-bond donors (Lipinski definition) is 2. The molecule has 1 aliphatic rings. The Morgan fingerprint density at radius 1 is 1.10 bits per heavy atom. The van der Waals surface area contributed by atoms with Gasteiger partial charge in [0.25, 0.3) is 0 Å². The van der Waals surface area contributed by atoms with Crippen molar-refractivity contribution in [2.24, 2.45) is 5.84 Å². The van der Waals surface area contributed by atoms with Crippen molar-refractivity contribution in [3.63, 3.8) is 0 Å². The average Bonchev–Trinajstić information content (AvgIpc) is 2.87. The Bertz CT molecular complexity index is 613. The Balaban J connectivity index is 2.04. The molecule has 3 rings (SSSR count). The van der Waals surface area contributed by atoms with Crippen LogP contribution in [0.15, 0.2) is 47.4 Å². The molecule has 2 nitrogen and oxygen atoms in total. The van der Waals surface area contributed by atoms with Gasteiger partial charge in [-0.05, 0) is 23.8 Å². The molecule has 0 saturated heterocycles. The standard InChI is InChI=1S/C15H14F2N2S/c16-11-5-3-6-12(17)14(11)15(19-18)10-8-20-13-7-2-1-4-9(10)13/h1-7,10,15,19H,8,18H2. The van der Waals surface area contributed by atoms with Gasteiger partial charge >= 0.3 is 0 Å². The van der Waals surface area contributed by atoms with Crippen LogP contribution < -0.4 is 11.3 Å². The highest BCUT2D eigenvalue weighted by molar-refractivity contribution is 7.99. The molecule has 20 heavy (non-hydrogen) atoms. The van der Waals surface area contributed by atoms with E-state index >= 15 is 0 Å².